The number of hydrogen-bond acceptors (Lipinski definition) is 11. The van der Waals surface area contributed by atoms with Gasteiger partial charge in [-0.15, -0.1) is 106 Å². The molecule has 0 radical (unpaired) electrons. The van der Waals surface area contributed by atoms with E-state index in [1.54, 1.807) is 34.2 Å². The molecule has 1 aliphatic carbocycles. The monoisotopic (exact) mass is 1220 g/mol. The van der Waals surface area contributed by atoms with Crippen LogP contribution in [0.4, 0.5) is 0 Å². The molecule has 3 nitrogen and oxygen atoms in total. The topological polar surface area (TPSA) is 43.4 Å². The lowest BCUT2D eigenvalue weighted by Gasteiger charge is -2.09. The van der Waals surface area contributed by atoms with Crippen LogP contribution in [0.5, 0.6) is 0 Å². The van der Waals surface area contributed by atoms with E-state index in [1.165, 1.54) is 162 Å². The summed E-state index contributed by atoms with van der Waals surface area (Å²) in [4.78, 5) is 32.2. The van der Waals surface area contributed by atoms with Crippen LogP contribution in [0.2, 0.25) is 0 Å². The number of thiophene rings is 8. The number of benzene rings is 1. The van der Waals surface area contributed by atoms with Gasteiger partial charge in [-0.3, -0.25) is 9.59 Å². The van der Waals surface area contributed by atoms with Crippen molar-refractivity contribution in [3.63, 3.8) is 0 Å². The Morgan fingerprint density at radius 1 is 0.461 bits per heavy atom. The lowest BCUT2D eigenvalue weighted by Crippen LogP contribution is -2.15. The summed E-state index contributed by atoms with van der Waals surface area (Å²) in [6, 6.07) is 25.9. The molecule has 9 heterocycles. The minimum absolute atomic E-state index is 0.00847. The summed E-state index contributed by atoms with van der Waals surface area (Å²) >= 11 is 17.3. The van der Waals surface area contributed by atoms with Gasteiger partial charge >= 0.3 is 0 Å². The average Bonchev–Trinajstić information content (AvgIpc) is 4.30. The second-order valence-electron chi connectivity index (χ2n) is 17.9. The van der Waals surface area contributed by atoms with Gasteiger partial charge in [0.05, 0.1) is 9.75 Å². The zero-order valence-corrected chi connectivity index (χ0v) is 51.7. The highest BCUT2D eigenvalue weighted by Crippen LogP contribution is 2.50. The molecule has 0 saturated carbocycles. The molecule has 1 saturated heterocycles. The summed E-state index contributed by atoms with van der Waals surface area (Å²) in [5.41, 5.74) is 4.01. The molecular formula is C64H71BrO3S8. The van der Waals surface area contributed by atoms with Gasteiger partial charge in [0.2, 0.25) is 11.6 Å². The van der Waals surface area contributed by atoms with Crippen molar-refractivity contribution < 1.29 is 14.3 Å². The lowest BCUT2D eigenvalue weighted by atomic mass is 9.96. The van der Waals surface area contributed by atoms with Crippen LogP contribution in [0.15, 0.2) is 161 Å². The van der Waals surface area contributed by atoms with Crippen LogP contribution in [0.1, 0.15) is 135 Å². The molecule has 1 aromatic carbocycles. The van der Waals surface area contributed by atoms with Crippen LogP contribution < -0.4 is 0 Å². The van der Waals surface area contributed by atoms with E-state index >= 15 is 0 Å². The van der Waals surface area contributed by atoms with Gasteiger partial charge in [-0.25, -0.2) is 0 Å². The molecule has 76 heavy (non-hydrogen) atoms. The number of hydrogen-bond donors (Lipinski definition) is 0. The van der Waals surface area contributed by atoms with Gasteiger partial charge in [-0.2, -0.15) is 11.3 Å². The number of carbonyl (C=O) groups is 2. The highest BCUT2D eigenvalue weighted by atomic mass is 79.9. The number of unbranched alkanes of at least 4 members (excludes halogenated alkanes) is 8. The molecule has 0 amide bonds. The van der Waals surface area contributed by atoms with E-state index in [1.807, 2.05) is 104 Å². The fourth-order valence-corrected chi connectivity index (χ4v) is 15.9. The van der Waals surface area contributed by atoms with Gasteiger partial charge in [-0.1, -0.05) is 58.4 Å². The van der Waals surface area contributed by atoms with Crippen LogP contribution in [-0.2, 0) is 24.0 Å². The SMILES string of the molecule is C1CCOC1.C=CCCCCBr.C=CCCCCc1ccc(-c2c3ccsc3c(-c3ccc(CCCCC=C)s3)c3ccsc23)s1.C=CCCCCc1cccs1.O=C1c2ccsc2C(=O)c2ccsc21.c1ccsc1. The van der Waals surface area contributed by atoms with Crippen molar-refractivity contribution in [3.05, 3.63) is 197 Å². The summed E-state index contributed by atoms with van der Waals surface area (Å²) < 4.78 is 7.81. The van der Waals surface area contributed by atoms with E-state index in [4.69, 9.17) is 4.74 Å². The number of carbonyl (C=O) groups excluding carboxylic acids is 2. The van der Waals surface area contributed by atoms with E-state index in [9.17, 15) is 9.59 Å². The Morgan fingerprint density at radius 2 is 0.908 bits per heavy atom. The normalized spacial score (nSPS) is 12.1. The van der Waals surface area contributed by atoms with Crippen molar-refractivity contribution >= 4 is 138 Å². The molecule has 11 rings (SSSR count). The molecule has 0 atom stereocenters. The third-order valence-electron chi connectivity index (χ3n) is 12.2. The molecule has 0 bridgehead atoms. The highest BCUT2D eigenvalue weighted by Gasteiger charge is 2.31. The Hall–Kier alpha value is -3.92. The Labute approximate surface area is 493 Å². The second kappa shape index (κ2) is 35.6. The van der Waals surface area contributed by atoms with Crippen molar-refractivity contribution in [2.24, 2.45) is 0 Å². The summed E-state index contributed by atoms with van der Waals surface area (Å²) in [6.07, 6.45) is 28.7. The molecule has 2 aliphatic rings. The minimum atomic E-state index is -0.00847. The van der Waals surface area contributed by atoms with Crippen LogP contribution in [-0.4, -0.2) is 30.1 Å². The molecule has 8 aromatic heterocycles. The number of ether oxygens (including phenoxy) is 1. The number of halogens is 1. The van der Waals surface area contributed by atoms with Gasteiger partial charge < -0.3 is 4.74 Å². The third kappa shape index (κ3) is 18.9. The van der Waals surface area contributed by atoms with Crippen LogP contribution in [0.3, 0.4) is 0 Å². The van der Waals surface area contributed by atoms with Gasteiger partial charge in [0.1, 0.15) is 0 Å². The fraction of sp³-hybridized carbons (Fsp3) is 0.312. The summed E-state index contributed by atoms with van der Waals surface area (Å²) in [6.45, 7) is 17.0. The highest BCUT2D eigenvalue weighted by molar-refractivity contribution is 9.09. The van der Waals surface area contributed by atoms with Crippen LogP contribution in [0, 0.1) is 0 Å². The Morgan fingerprint density at radius 3 is 1.29 bits per heavy atom. The molecular weight excluding hydrogens is 1150 g/mol. The van der Waals surface area contributed by atoms with Crippen LogP contribution >= 0.6 is 107 Å². The quantitative estimate of drug-likeness (QED) is 0.0409. The first-order valence-corrected chi connectivity index (χ1v) is 34.4. The van der Waals surface area contributed by atoms with E-state index in [-0.39, 0.29) is 11.6 Å². The van der Waals surface area contributed by atoms with E-state index < -0.39 is 0 Å². The predicted octanol–water partition coefficient (Wildman–Crippen LogP) is 22.9. The van der Waals surface area contributed by atoms with Gasteiger partial charge in [0.15, 0.2) is 0 Å². The van der Waals surface area contributed by atoms with Gasteiger partial charge in [0.25, 0.3) is 0 Å². The summed E-state index contributed by atoms with van der Waals surface area (Å²) in [5.74, 6) is -0.0169. The summed E-state index contributed by atoms with van der Waals surface area (Å²) in [7, 11) is 0. The standard InChI is InChI=1S/C30H30S4.C10H4O2S2.C10H14S.C6H11Br.C4H8O.C4H4S/c1-3-5-7-9-11-21-13-15-25(33-21)27-23-17-19-32-30(23)28(24-18-20-31-29(24)27)26-16-14-22(34-26)12-10-8-6-4-2;11-7-5-1-3-13-9(5)8(12)6-2-4-14-10(6)7;1-2-3-4-5-7-10-8-6-9-11-10;1-2-3-4-5-6-7;2*1-2-4-5-3-1/h3-4,13-20H,1-2,5-12H2;1-4H;2,6,8-9H,1,3-5,7H2;2H,1,3-6H2;1-4H2;1-4H. The number of allylic oxidation sites excluding steroid dienone is 4. The molecule has 400 valence electrons. The third-order valence-corrected chi connectivity index (χ3v) is 20.4. The second-order valence-corrected chi connectivity index (χ2v) is 26.5. The predicted molar refractivity (Wildman–Crippen MR) is 349 cm³/mol. The average molecular weight is 1220 g/mol. The van der Waals surface area contributed by atoms with Crippen molar-refractivity contribution in [2.75, 3.05) is 18.5 Å². The minimum Gasteiger partial charge on any atom is -0.381 e. The molecule has 12 heteroatoms. The number of aryl methyl sites for hydroxylation is 3. The first-order chi connectivity index (χ1) is 37.4. The maximum Gasteiger partial charge on any atom is 0.205 e. The molecule has 0 unspecified atom stereocenters. The Balaban J connectivity index is 0.000000180. The van der Waals surface area contributed by atoms with Crippen molar-refractivity contribution in [1.82, 2.24) is 0 Å². The van der Waals surface area contributed by atoms with Crippen LogP contribution in [0.25, 0.3) is 41.1 Å². The van der Waals surface area contributed by atoms with E-state index in [0.29, 0.717) is 20.9 Å². The first-order valence-electron chi connectivity index (χ1n) is 26.3. The smallest absolute Gasteiger partial charge is 0.205 e. The first kappa shape index (κ1) is 61.3. The Kier molecular flexibility index (Phi) is 28.7. The van der Waals surface area contributed by atoms with Crippen molar-refractivity contribution in [1.29, 1.82) is 0 Å². The largest absolute Gasteiger partial charge is 0.381 e. The van der Waals surface area contributed by atoms with E-state index in [0.717, 1.165) is 44.2 Å². The summed E-state index contributed by atoms with van der Waals surface area (Å²) in [5, 5.41) is 18.3. The molecule has 0 spiro atoms. The van der Waals surface area contributed by atoms with Crippen molar-refractivity contribution in [2.45, 2.75) is 109 Å². The zero-order chi connectivity index (χ0) is 53.6. The number of rotatable bonds is 21. The number of alkyl halides is 1. The number of fused-ring (bicyclic) bond motifs is 4. The Bertz CT molecular complexity index is 2800. The number of ketones is 2. The maximum absolute atomic E-state index is 11.8. The van der Waals surface area contributed by atoms with Gasteiger partial charge in [-0.05, 0) is 201 Å². The lowest BCUT2D eigenvalue weighted by molar-refractivity contribution is 0.0986. The van der Waals surface area contributed by atoms with Gasteiger partial charge in [0, 0.05) is 85.4 Å². The van der Waals surface area contributed by atoms with E-state index in [2.05, 4.69) is 107 Å². The molecule has 9 aromatic rings. The zero-order valence-electron chi connectivity index (χ0n) is 43.6. The maximum atomic E-state index is 11.8. The molecule has 0 N–H and O–H groups in total. The molecule has 1 fully saturated rings. The fourth-order valence-electron chi connectivity index (χ4n) is 8.34. The van der Waals surface area contributed by atoms with Crippen molar-refractivity contribution in [3.8, 4) is 20.9 Å². The molecule has 1 aliphatic heterocycles.